The molecule has 0 bridgehead atoms. The third-order valence-electron chi connectivity index (χ3n) is 11.6. The molecule has 0 atom stereocenters. The molecule has 0 amide bonds. The predicted octanol–water partition coefficient (Wildman–Crippen LogP) is 12.4. The molecule has 0 saturated carbocycles. The van der Waals surface area contributed by atoms with Gasteiger partial charge in [-0.25, -0.2) is 0 Å². The minimum Gasteiger partial charge on any atom is -0.311 e. The van der Waals surface area contributed by atoms with Gasteiger partial charge in [-0.3, -0.25) is 0 Å². The third-order valence-corrected chi connectivity index (χ3v) is 11.6. The number of hydrogen-bond acceptors (Lipinski definition) is 2. The van der Waals surface area contributed by atoms with Gasteiger partial charge in [0, 0.05) is 39.6 Å². The highest BCUT2D eigenvalue weighted by molar-refractivity contribution is 7.00. The highest BCUT2D eigenvalue weighted by Crippen LogP contribution is 2.49. The fourth-order valence-electron chi connectivity index (χ4n) is 9.16. The first kappa shape index (κ1) is 33.0. The Morgan fingerprint density at radius 3 is 1.46 bits per heavy atom. The predicted molar refractivity (Wildman–Crippen MR) is 242 cm³/mol. The van der Waals surface area contributed by atoms with E-state index >= 15 is 0 Å². The lowest BCUT2D eigenvalue weighted by molar-refractivity contribution is 1.25. The maximum absolute atomic E-state index is 2.56. The molecule has 2 aliphatic rings. The molecule has 57 heavy (non-hydrogen) atoms. The van der Waals surface area contributed by atoms with Gasteiger partial charge in [-0.2, -0.15) is 0 Å². The van der Waals surface area contributed by atoms with Crippen molar-refractivity contribution in [2.75, 3.05) is 9.80 Å². The Balaban J connectivity index is 1.23. The summed E-state index contributed by atoms with van der Waals surface area (Å²) in [6.45, 7) is -0.0118. The van der Waals surface area contributed by atoms with Crippen LogP contribution in [0, 0.1) is 0 Å². The summed E-state index contributed by atoms with van der Waals surface area (Å²) in [6.07, 6.45) is 0. The zero-order chi connectivity index (χ0) is 37.7. The van der Waals surface area contributed by atoms with Crippen LogP contribution >= 0.6 is 0 Å². The highest BCUT2D eigenvalue weighted by atomic mass is 15.2. The van der Waals surface area contributed by atoms with Crippen molar-refractivity contribution < 1.29 is 0 Å². The molecule has 0 fully saturated rings. The molecule has 0 unspecified atom stereocenters. The SMILES string of the molecule is c1ccc(-c2cccc(N3c4ccc(-c5ccccc5)cc4B4c5cccc(-c6ccccc6)c5N(c5ccccc5-c5ccccc5)c5cccc3c54)c2)cc1. The van der Waals surface area contributed by atoms with Crippen LogP contribution in [-0.2, 0) is 0 Å². The number of fused-ring (bicyclic) bond motifs is 4. The van der Waals surface area contributed by atoms with Crippen molar-refractivity contribution in [1.29, 1.82) is 0 Å². The number of benzene rings is 9. The van der Waals surface area contributed by atoms with Gasteiger partial charge >= 0.3 is 0 Å². The monoisotopic (exact) mass is 724 g/mol. The van der Waals surface area contributed by atoms with Crippen LogP contribution in [0.4, 0.5) is 34.1 Å². The van der Waals surface area contributed by atoms with Gasteiger partial charge in [0.2, 0.25) is 0 Å². The first-order valence-electron chi connectivity index (χ1n) is 19.7. The summed E-state index contributed by atoms with van der Waals surface area (Å²) in [4.78, 5) is 5.05. The van der Waals surface area contributed by atoms with Gasteiger partial charge in [0.1, 0.15) is 0 Å². The van der Waals surface area contributed by atoms with Crippen molar-refractivity contribution in [1.82, 2.24) is 0 Å². The zero-order valence-corrected chi connectivity index (χ0v) is 31.3. The topological polar surface area (TPSA) is 6.48 Å². The molecule has 2 aliphatic heterocycles. The smallest absolute Gasteiger partial charge is 0.252 e. The summed E-state index contributed by atoms with van der Waals surface area (Å²) in [6, 6.07) is 82.0. The highest BCUT2D eigenvalue weighted by Gasteiger charge is 2.44. The molecular weight excluding hydrogens is 687 g/mol. The van der Waals surface area contributed by atoms with Crippen molar-refractivity contribution in [3.05, 3.63) is 224 Å². The lowest BCUT2D eigenvalue weighted by Crippen LogP contribution is -2.61. The normalized spacial score (nSPS) is 12.5. The molecule has 266 valence electrons. The molecule has 11 rings (SSSR count). The van der Waals surface area contributed by atoms with Gasteiger partial charge < -0.3 is 9.80 Å². The van der Waals surface area contributed by atoms with Crippen LogP contribution in [0.3, 0.4) is 0 Å². The van der Waals surface area contributed by atoms with Crippen molar-refractivity contribution >= 4 is 57.2 Å². The van der Waals surface area contributed by atoms with Gasteiger partial charge in [-0.1, -0.05) is 188 Å². The number of para-hydroxylation sites is 2. The molecule has 0 N–H and O–H groups in total. The average molecular weight is 725 g/mol. The summed E-state index contributed by atoms with van der Waals surface area (Å²) in [7, 11) is 0. The van der Waals surface area contributed by atoms with Crippen LogP contribution in [0.25, 0.3) is 44.5 Å². The van der Waals surface area contributed by atoms with E-state index in [0.29, 0.717) is 0 Å². The Morgan fingerprint density at radius 2 is 0.772 bits per heavy atom. The molecule has 0 saturated heterocycles. The van der Waals surface area contributed by atoms with E-state index in [1.807, 2.05) is 0 Å². The Kier molecular flexibility index (Phi) is 7.96. The van der Waals surface area contributed by atoms with Gasteiger partial charge in [-0.05, 0) is 86.2 Å². The maximum Gasteiger partial charge on any atom is 0.252 e. The lowest BCUT2D eigenvalue weighted by atomic mass is 9.33. The molecule has 0 aliphatic carbocycles. The molecule has 3 heteroatoms. The summed E-state index contributed by atoms with van der Waals surface area (Å²) in [5.74, 6) is 0. The summed E-state index contributed by atoms with van der Waals surface area (Å²) in [5.41, 5.74) is 20.6. The van der Waals surface area contributed by atoms with Crippen molar-refractivity contribution in [2.45, 2.75) is 0 Å². The van der Waals surface area contributed by atoms with Gasteiger partial charge in [-0.15, -0.1) is 0 Å². The van der Waals surface area contributed by atoms with E-state index in [2.05, 4.69) is 234 Å². The Morgan fingerprint density at radius 1 is 0.281 bits per heavy atom. The largest absolute Gasteiger partial charge is 0.311 e. The Hall–Kier alpha value is -7.36. The van der Waals surface area contributed by atoms with E-state index < -0.39 is 0 Å². The number of anilines is 6. The average Bonchev–Trinajstić information content (AvgIpc) is 3.30. The second kappa shape index (κ2) is 13.7. The van der Waals surface area contributed by atoms with E-state index in [1.54, 1.807) is 0 Å². The molecule has 9 aromatic rings. The van der Waals surface area contributed by atoms with Crippen molar-refractivity contribution in [3.8, 4) is 44.5 Å². The first-order valence-corrected chi connectivity index (χ1v) is 19.7. The molecule has 0 aromatic heterocycles. The molecule has 2 nitrogen and oxygen atoms in total. The minimum atomic E-state index is -0.0118. The lowest BCUT2D eigenvalue weighted by Gasteiger charge is -2.45. The van der Waals surface area contributed by atoms with E-state index in [9.17, 15) is 0 Å². The van der Waals surface area contributed by atoms with Crippen molar-refractivity contribution in [3.63, 3.8) is 0 Å². The second-order valence-electron chi connectivity index (χ2n) is 14.9. The van der Waals surface area contributed by atoms with Gasteiger partial charge in [0.25, 0.3) is 6.71 Å². The van der Waals surface area contributed by atoms with E-state index in [1.165, 1.54) is 83.6 Å². The van der Waals surface area contributed by atoms with Crippen LogP contribution in [0.2, 0.25) is 0 Å². The quantitative estimate of drug-likeness (QED) is 0.158. The van der Waals surface area contributed by atoms with Crippen LogP contribution in [0.5, 0.6) is 0 Å². The summed E-state index contributed by atoms with van der Waals surface area (Å²) >= 11 is 0. The summed E-state index contributed by atoms with van der Waals surface area (Å²) < 4.78 is 0. The van der Waals surface area contributed by atoms with E-state index in [0.717, 1.165) is 11.4 Å². The minimum absolute atomic E-state index is 0.0118. The summed E-state index contributed by atoms with van der Waals surface area (Å²) in [5, 5.41) is 0. The van der Waals surface area contributed by atoms with Gasteiger partial charge in [0.15, 0.2) is 0 Å². The van der Waals surface area contributed by atoms with Crippen LogP contribution in [0.1, 0.15) is 0 Å². The number of hydrogen-bond donors (Lipinski definition) is 0. The molecule has 2 heterocycles. The van der Waals surface area contributed by atoms with Crippen molar-refractivity contribution in [2.24, 2.45) is 0 Å². The first-order chi connectivity index (χ1) is 28.3. The Bertz CT molecular complexity index is 2910. The third kappa shape index (κ3) is 5.51. The maximum atomic E-state index is 2.56. The second-order valence-corrected chi connectivity index (χ2v) is 14.9. The standard InChI is InChI=1S/C54H37BN2/c1-5-18-38(19-6-1)42-26-15-27-44(36-42)56-50-35-34-43(39-20-7-2-8-21-39)37-48(50)55-47-30-16-29-46(41-24-11-4-12-25-41)54(47)57(52-33-17-32-51(56)53(52)55)49-31-14-13-28-45(49)40-22-9-3-10-23-40/h1-37H. The number of nitrogens with zero attached hydrogens (tertiary/aromatic N) is 2. The zero-order valence-electron chi connectivity index (χ0n) is 31.3. The molecule has 0 spiro atoms. The Labute approximate surface area is 334 Å². The van der Waals surface area contributed by atoms with E-state index in [4.69, 9.17) is 0 Å². The fourth-order valence-corrected chi connectivity index (χ4v) is 9.16. The molecule has 9 aromatic carbocycles. The molecule has 0 radical (unpaired) electrons. The fraction of sp³-hybridized carbons (Fsp3) is 0. The van der Waals surface area contributed by atoms with Crippen LogP contribution in [-0.4, -0.2) is 6.71 Å². The van der Waals surface area contributed by atoms with Crippen LogP contribution in [0.15, 0.2) is 224 Å². The number of rotatable bonds is 6. The van der Waals surface area contributed by atoms with E-state index in [-0.39, 0.29) is 6.71 Å². The molecular formula is C54H37BN2. The van der Waals surface area contributed by atoms with Gasteiger partial charge in [0.05, 0.1) is 5.69 Å². The van der Waals surface area contributed by atoms with Crippen LogP contribution < -0.4 is 26.2 Å².